The molecule has 1 fully saturated rings. The monoisotopic (exact) mass is 338 g/mol. The highest BCUT2D eigenvalue weighted by molar-refractivity contribution is 9.10. The maximum absolute atomic E-state index is 11.6. The van der Waals surface area contributed by atoms with Crippen LogP contribution in [0.5, 0.6) is 0 Å². The van der Waals surface area contributed by atoms with Crippen molar-refractivity contribution in [1.29, 1.82) is 0 Å². The quantitative estimate of drug-likeness (QED) is 0.870. The molecular formula is C15H19BrN2O2. The van der Waals surface area contributed by atoms with Crippen LogP contribution in [0.15, 0.2) is 16.6 Å². The van der Waals surface area contributed by atoms with Crippen molar-refractivity contribution < 1.29 is 9.90 Å². The van der Waals surface area contributed by atoms with Crippen LogP contribution in [0.2, 0.25) is 0 Å². The molecule has 108 valence electrons. The van der Waals surface area contributed by atoms with Crippen molar-refractivity contribution in [2.75, 3.05) is 16.8 Å². The standard InChI is InChI=1S/C15H19BrN2O2/c1-2-9-5-3-4-6-18(9)13-8-12-10(7-11(13)16)14(19)15(20)17-12/h7-9,14,19H,2-6H2,1H3,(H,17,20). The summed E-state index contributed by atoms with van der Waals surface area (Å²) in [6, 6.07) is 4.41. The van der Waals surface area contributed by atoms with Crippen molar-refractivity contribution in [2.24, 2.45) is 0 Å². The van der Waals surface area contributed by atoms with Gasteiger partial charge in [-0.15, -0.1) is 0 Å². The van der Waals surface area contributed by atoms with E-state index in [1.807, 2.05) is 12.1 Å². The van der Waals surface area contributed by atoms with Gasteiger partial charge in [-0.1, -0.05) is 6.92 Å². The molecule has 0 bridgehead atoms. The second kappa shape index (κ2) is 5.37. The third-order valence-corrected chi connectivity index (χ3v) is 4.96. The Morgan fingerprint density at radius 2 is 2.25 bits per heavy atom. The van der Waals surface area contributed by atoms with Crippen LogP contribution >= 0.6 is 15.9 Å². The van der Waals surface area contributed by atoms with Crippen molar-refractivity contribution >= 4 is 33.2 Å². The van der Waals surface area contributed by atoms with Gasteiger partial charge in [0.2, 0.25) is 0 Å². The molecule has 0 radical (unpaired) electrons. The Morgan fingerprint density at radius 1 is 1.45 bits per heavy atom. The van der Waals surface area contributed by atoms with Crippen LogP contribution < -0.4 is 10.2 Å². The molecule has 0 aromatic heterocycles. The summed E-state index contributed by atoms with van der Waals surface area (Å²) in [6.45, 7) is 3.27. The molecule has 20 heavy (non-hydrogen) atoms. The highest BCUT2D eigenvalue weighted by Crippen LogP contribution is 2.40. The molecule has 2 heterocycles. The van der Waals surface area contributed by atoms with Crippen LogP contribution in [0.4, 0.5) is 11.4 Å². The van der Waals surface area contributed by atoms with Crippen molar-refractivity contribution in [2.45, 2.75) is 44.8 Å². The molecule has 1 saturated heterocycles. The van der Waals surface area contributed by atoms with E-state index in [1.165, 1.54) is 19.3 Å². The zero-order chi connectivity index (χ0) is 14.3. The van der Waals surface area contributed by atoms with Gasteiger partial charge < -0.3 is 15.3 Å². The number of aliphatic hydroxyl groups is 1. The van der Waals surface area contributed by atoms with E-state index in [-0.39, 0.29) is 5.91 Å². The number of aliphatic hydroxyl groups excluding tert-OH is 1. The molecule has 0 aliphatic carbocycles. The van der Waals surface area contributed by atoms with Crippen molar-refractivity contribution in [3.8, 4) is 0 Å². The fraction of sp³-hybridized carbons (Fsp3) is 0.533. The summed E-state index contributed by atoms with van der Waals surface area (Å²) >= 11 is 3.60. The number of fused-ring (bicyclic) bond motifs is 1. The van der Waals surface area contributed by atoms with Crippen LogP contribution in [0.1, 0.15) is 44.3 Å². The maximum Gasteiger partial charge on any atom is 0.257 e. The normalized spacial score (nSPS) is 25.6. The van der Waals surface area contributed by atoms with Gasteiger partial charge in [-0.05, 0) is 53.7 Å². The highest BCUT2D eigenvalue weighted by Gasteiger charge is 2.31. The number of piperidine rings is 1. The summed E-state index contributed by atoms with van der Waals surface area (Å²) in [5.74, 6) is -0.338. The zero-order valence-electron chi connectivity index (χ0n) is 11.5. The molecule has 4 nitrogen and oxygen atoms in total. The second-order valence-electron chi connectivity index (χ2n) is 5.53. The topological polar surface area (TPSA) is 52.6 Å². The molecule has 2 unspecified atom stereocenters. The van der Waals surface area contributed by atoms with Gasteiger partial charge in [0.15, 0.2) is 6.10 Å². The van der Waals surface area contributed by atoms with Crippen LogP contribution in [0.3, 0.4) is 0 Å². The molecule has 2 atom stereocenters. The average Bonchev–Trinajstić information content (AvgIpc) is 2.73. The SMILES string of the molecule is CCC1CCCCN1c1cc2c(cc1Br)C(O)C(=O)N2. The van der Waals surface area contributed by atoms with Crippen LogP contribution in [-0.2, 0) is 4.79 Å². The van der Waals surface area contributed by atoms with E-state index < -0.39 is 6.10 Å². The largest absolute Gasteiger partial charge is 0.378 e. The summed E-state index contributed by atoms with van der Waals surface area (Å²) in [5.41, 5.74) is 2.52. The molecule has 2 aliphatic rings. The summed E-state index contributed by atoms with van der Waals surface area (Å²) in [7, 11) is 0. The Morgan fingerprint density at radius 3 is 3.00 bits per heavy atom. The number of hydrogen-bond donors (Lipinski definition) is 2. The number of halogens is 1. The first-order valence-corrected chi connectivity index (χ1v) is 8.00. The lowest BCUT2D eigenvalue weighted by Gasteiger charge is -2.38. The van der Waals surface area contributed by atoms with Gasteiger partial charge in [0.05, 0.1) is 5.69 Å². The zero-order valence-corrected chi connectivity index (χ0v) is 13.1. The van der Waals surface area contributed by atoms with E-state index in [0.717, 1.165) is 28.8 Å². The molecule has 2 N–H and O–H groups in total. The Balaban J connectivity index is 1.99. The van der Waals surface area contributed by atoms with Gasteiger partial charge in [0.1, 0.15) is 0 Å². The molecule has 2 aliphatic heterocycles. The number of carbonyl (C=O) groups excluding carboxylic acids is 1. The number of nitrogens with one attached hydrogen (secondary N) is 1. The van der Waals surface area contributed by atoms with E-state index in [0.29, 0.717) is 11.6 Å². The molecule has 1 aromatic carbocycles. The van der Waals surface area contributed by atoms with Crippen molar-refractivity contribution in [3.63, 3.8) is 0 Å². The minimum absolute atomic E-state index is 0.338. The molecule has 0 saturated carbocycles. The number of anilines is 2. The number of hydrogen-bond acceptors (Lipinski definition) is 3. The van der Waals surface area contributed by atoms with Crippen molar-refractivity contribution in [3.05, 3.63) is 22.2 Å². The third-order valence-electron chi connectivity index (χ3n) is 4.33. The number of benzene rings is 1. The fourth-order valence-corrected chi connectivity index (χ4v) is 3.81. The average molecular weight is 339 g/mol. The van der Waals surface area contributed by atoms with Crippen LogP contribution in [0, 0.1) is 0 Å². The Hall–Kier alpha value is -1.07. The van der Waals surface area contributed by atoms with Crippen LogP contribution in [-0.4, -0.2) is 23.6 Å². The number of amides is 1. The van der Waals surface area contributed by atoms with Gasteiger partial charge in [0.25, 0.3) is 5.91 Å². The Labute approximate surface area is 127 Å². The third kappa shape index (κ3) is 2.23. The summed E-state index contributed by atoms with van der Waals surface area (Å²) in [6.07, 6.45) is 3.79. The molecule has 1 aromatic rings. The summed E-state index contributed by atoms with van der Waals surface area (Å²) < 4.78 is 0.951. The Kier molecular flexibility index (Phi) is 3.73. The van der Waals surface area contributed by atoms with E-state index in [4.69, 9.17) is 0 Å². The molecule has 1 amide bonds. The number of nitrogens with zero attached hydrogens (tertiary/aromatic N) is 1. The number of rotatable bonds is 2. The predicted molar refractivity (Wildman–Crippen MR) is 83.0 cm³/mol. The first kappa shape index (κ1) is 13.9. The van der Waals surface area contributed by atoms with E-state index in [9.17, 15) is 9.90 Å². The highest BCUT2D eigenvalue weighted by atomic mass is 79.9. The van der Waals surface area contributed by atoms with E-state index in [2.05, 4.69) is 33.1 Å². The molecule has 5 heteroatoms. The van der Waals surface area contributed by atoms with E-state index >= 15 is 0 Å². The van der Waals surface area contributed by atoms with Crippen molar-refractivity contribution in [1.82, 2.24) is 0 Å². The second-order valence-corrected chi connectivity index (χ2v) is 6.39. The summed E-state index contributed by atoms with van der Waals surface area (Å²) in [4.78, 5) is 14.0. The maximum atomic E-state index is 11.6. The lowest BCUT2D eigenvalue weighted by molar-refractivity contribution is -0.123. The first-order chi connectivity index (χ1) is 9.61. The molecule has 0 spiro atoms. The fourth-order valence-electron chi connectivity index (χ4n) is 3.22. The first-order valence-electron chi connectivity index (χ1n) is 7.20. The van der Waals surface area contributed by atoms with Gasteiger partial charge >= 0.3 is 0 Å². The van der Waals surface area contributed by atoms with Gasteiger partial charge in [-0.25, -0.2) is 0 Å². The predicted octanol–water partition coefficient (Wildman–Crippen LogP) is 3.20. The lowest BCUT2D eigenvalue weighted by atomic mass is 9.98. The van der Waals surface area contributed by atoms with Gasteiger partial charge in [-0.3, -0.25) is 4.79 Å². The smallest absolute Gasteiger partial charge is 0.257 e. The number of carbonyl (C=O) groups is 1. The molecular weight excluding hydrogens is 320 g/mol. The molecule has 3 rings (SSSR count). The van der Waals surface area contributed by atoms with Gasteiger partial charge in [-0.2, -0.15) is 0 Å². The lowest BCUT2D eigenvalue weighted by Crippen LogP contribution is -2.39. The van der Waals surface area contributed by atoms with E-state index in [1.54, 1.807) is 0 Å². The minimum Gasteiger partial charge on any atom is -0.378 e. The van der Waals surface area contributed by atoms with Gasteiger partial charge in [0, 0.05) is 28.3 Å². The van der Waals surface area contributed by atoms with Crippen LogP contribution in [0.25, 0.3) is 0 Å². The minimum atomic E-state index is -1.04. The Bertz CT molecular complexity index is 547. The summed E-state index contributed by atoms with van der Waals surface area (Å²) in [5, 5.41) is 12.6.